The van der Waals surface area contributed by atoms with Gasteiger partial charge in [0.15, 0.2) is 0 Å². The summed E-state index contributed by atoms with van der Waals surface area (Å²) in [4.78, 5) is 4.45. The molecule has 15 heavy (non-hydrogen) atoms. The van der Waals surface area contributed by atoms with E-state index in [1.165, 1.54) is 31.3 Å². The summed E-state index contributed by atoms with van der Waals surface area (Å²) in [6.45, 7) is 0. The first-order chi connectivity index (χ1) is 7.43. The molecule has 0 aliphatic carbocycles. The fourth-order valence-corrected chi connectivity index (χ4v) is 2.69. The molecule has 1 N–H and O–H groups in total. The van der Waals surface area contributed by atoms with E-state index in [0.29, 0.717) is 6.04 Å². The summed E-state index contributed by atoms with van der Waals surface area (Å²) >= 11 is 0. The Bertz CT molecular complexity index is 369. The smallest absolute Gasteiger partial charge is 0.0674 e. The number of rotatable bonds is 1. The van der Waals surface area contributed by atoms with E-state index in [9.17, 15) is 0 Å². The van der Waals surface area contributed by atoms with E-state index >= 15 is 0 Å². The van der Waals surface area contributed by atoms with Crippen LogP contribution in [0.5, 0.6) is 0 Å². The van der Waals surface area contributed by atoms with Crippen LogP contribution in [0.3, 0.4) is 0 Å². The number of pyridine rings is 1. The van der Waals surface area contributed by atoms with Crippen molar-refractivity contribution in [2.75, 3.05) is 0 Å². The van der Waals surface area contributed by atoms with Crippen molar-refractivity contribution in [3.05, 3.63) is 36.2 Å². The number of fused-ring (bicyclic) bond motifs is 2. The summed E-state index contributed by atoms with van der Waals surface area (Å²) in [5, 5.41) is 3.69. The highest BCUT2D eigenvalue weighted by molar-refractivity contribution is 5.67. The molecule has 2 bridgehead atoms. The van der Waals surface area contributed by atoms with Crippen molar-refractivity contribution in [3.63, 3.8) is 0 Å². The van der Waals surface area contributed by atoms with Crippen LogP contribution in [0.4, 0.5) is 0 Å². The lowest BCUT2D eigenvalue weighted by Crippen LogP contribution is -2.28. The van der Waals surface area contributed by atoms with Gasteiger partial charge in [0.05, 0.1) is 5.69 Å². The fourth-order valence-electron chi connectivity index (χ4n) is 2.69. The minimum Gasteiger partial charge on any atom is -0.307 e. The second kappa shape index (κ2) is 3.78. The first-order valence-electron chi connectivity index (χ1n) is 5.81. The van der Waals surface area contributed by atoms with Gasteiger partial charge in [-0.05, 0) is 43.4 Å². The second-order valence-corrected chi connectivity index (χ2v) is 4.45. The van der Waals surface area contributed by atoms with Crippen LogP contribution < -0.4 is 5.32 Å². The number of aromatic nitrogens is 1. The van der Waals surface area contributed by atoms with Gasteiger partial charge in [-0.15, -0.1) is 0 Å². The maximum atomic E-state index is 4.45. The topological polar surface area (TPSA) is 24.9 Å². The van der Waals surface area contributed by atoms with Crippen molar-refractivity contribution in [1.29, 1.82) is 0 Å². The SMILES string of the molecule is C1=C(c2ccccn2)C2CCC(CC1)N2. The summed E-state index contributed by atoms with van der Waals surface area (Å²) in [5.41, 5.74) is 2.56. The lowest BCUT2D eigenvalue weighted by atomic mass is 9.97. The van der Waals surface area contributed by atoms with Crippen LogP contribution in [0.2, 0.25) is 0 Å². The Morgan fingerprint density at radius 1 is 1.20 bits per heavy atom. The molecule has 1 fully saturated rings. The molecule has 3 rings (SSSR count). The van der Waals surface area contributed by atoms with E-state index in [1.807, 2.05) is 12.3 Å². The Morgan fingerprint density at radius 2 is 2.20 bits per heavy atom. The van der Waals surface area contributed by atoms with Gasteiger partial charge in [0.25, 0.3) is 0 Å². The van der Waals surface area contributed by atoms with Crippen LogP contribution in [-0.4, -0.2) is 17.1 Å². The van der Waals surface area contributed by atoms with E-state index in [4.69, 9.17) is 0 Å². The van der Waals surface area contributed by atoms with Crippen LogP contribution in [0, 0.1) is 0 Å². The summed E-state index contributed by atoms with van der Waals surface area (Å²) < 4.78 is 0. The van der Waals surface area contributed by atoms with Crippen molar-refractivity contribution < 1.29 is 0 Å². The summed E-state index contributed by atoms with van der Waals surface area (Å²) in [6, 6.07) is 7.46. The Morgan fingerprint density at radius 3 is 3.07 bits per heavy atom. The van der Waals surface area contributed by atoms with E-state index in [2.05, 4.69) is 28.5 Å². The largest absolute Gasteiger partial charge is 0.307 e. The standard InChI is InChI=1S/C13H16N2/c1-2-9-14-12(6-1)11-5-3-4-10-7-8-13(11)15-10/h1-2,5-6,9-10,13,15H,3-4,7-8H2. The van der Waals surface area contributed by atoms with Gasteiger partial charge in [-0.25, -0.2) is 0 Å². The zero-order valence-corrected chi connectivity index (χ0v) is 8.82. The number of hydrogen-bond acceptors (Lipinski definition) is 2. The fraction of sp³-hybridized carbons (Fsp3) is 0.462. The molecule has 0 aromatic carbocycles. The van der Waals surface area contributed by atoms with Crippen LogP contribution in [0.15, 0.2) is 30.5 Å². The molecule has 2 aliphatic heterocycles. The van der Waals surface area contributed by atoms with Crippen molar-refractivity contribution >= 4 is 5.57 Å². The first kappa shape index (κ1) is 9.10. The minimum absolute atomic E-state index is 0.549. The van der Waals surface area contributed by atoms with Gasteiger partial charge in [-0.1, -0.05) is 12.1 Å². The number of nitrogens with one attached hydrogen (secondary N) is 1. The van der Waals surface area contributed by atoms with Crippen LogP contribution >= 0.6 is 0 Å². The Kier molecular flexibility index (Phi) is 2.29. The van der Waals surface area contributed by atoms with Crippen LogP contribution in [0.1, 0.15) is 31.4 Å². The molecule has 1 saturated heterocycles. The Labute approximate surface area is 90.4 Å². The average molecular weight is 200 g/mol. The van der Waals surface area contributed by atoms with Gasteiger partial charge in [-0.2, -0.15) is 0 Å². The number of hydrogen-bond donors (Lipinski definition) is 1. The molecule has 0 saturated carbocycles. The molecule has 0 amide bonds. The van der Waals surface area contributed by atoms with E-state index in [-0.39, 0.29) is 0 Å². The van der Waals surface area contributed by atoms with Gasteiger partial charge < -0.3 is 5.32 Å². The minimum atomic E-state index is 0.549. The molecule has 78 valence electrons. The molecule has 3 heterocycles. The highest BCUT2D eigenvalue weighted by atomic mass is 15.0. The normalized spacial score (nSPS) is 29.7. The number of allylic oxidation sites excluding steroid dienone is 1. The predicted molar refractivity (Wildman–Crippen MR) is 61.4 cm³/mol. The maximum absolute atomic E-state index is 4.45. The summed E-state index contributed by atoms with van der Waals surface area (Å²) in [6.07, 6.45) is 9.33. The van der Waals surface area contributed by atoms with Crippen molar-refractivity contribution in [2.45, 2.75) is 37.8 Å². The zero-order chi connectivity index (χ0) is 10.1. The third kappa shape index (κ3) is 1.70. The van der Waals surface area contributed by atoms with Gasteiger partial charge in [0.1, 0.15) is 0 Å². The second-order valence-electron chi connectivity index (χ2n) is 4.45. The molecule has 1 aromatic heterocycles. The molecular weight excluding hydrogens is 184 g/mol. The predicted octanol–water partition coefficient (Wildman–Crippen LogP) is 2.38. The lowest BCUT2D eigenvalue weighted by molar-refractivity contribution is 0.559. The average Bonchev–Trinajstić information content (AvgIpc) is 2.61. The molecule has 1 aromatic rings. The summed E-state index contributed by atoms with van der Waals surface area (Å²) in [7, 11) is 0. The monoisotopic (exact) mass is 200 g/mol. The highest BCUT2D eigenvalue weighted by Gasteiger charge is 2.29. The van der Waals surface area contributed by atoms with Crippen LogP contribution in [-0.2, 0) is 0 Å². The van der Waals surface area contributed by atoms with E-state index < -0.39 is 0 Å². The van der Waals surface area contributed by atoms with Gasteiger partial charge in [-0.3, -0.25) is 4.98 Å². The lowest BCUT2D eigenvalue weighted by Gasteiger charge is -2.14. The number of nitrogens with zero attached hydrogens (tertiary/aromatic N) is 1. The molecule has 2 heteroatoms. The molecule has 2 atom stereocenters. The zero-order valence-electron chi connectivity index (χ0n) is 8.82. The molecule has 0 spiro atoms. The van der Waals surface area contributed by atoms with E-state index in [1.54, 1.807) is 0 Å². The highest BCUT2D eigenvalue weighted by Crippen LogP contribution is 2.30. The molecule has 0 radical (unpaired) electrons. The van der Waals surface area contributed by atoms with Crippen molar-refractivity contribution in [2.24, 2.45) is 0 Å². The third-order valence-corrected chi connectivity index (χ3v) is 3.46. The van der Waals surface area contributed by atoms with Crippen molar-refractivity contribution in [3.8, 4) is 0 Å². The Hall–Kier alpha value is -1.15. The van der Waals surface area contributed by atoms with Crippen LogP contribution in [0.25, 0.3) is 5.57 Å². The molecule has 2 aliphatic rings. The molecule has 2 unspecified atom stereocenters. The molecule has 2 nitrogen and oxygen atoms in total. The maximum Gasteiger partial charge on any atom is 0.0674 e. The van der Waals surface area contributed by atoms with Gasteiger partial charge >= 0.3 is 0 Å². The van der Waals surface area contributed by atoms with E-state index in [0.717, 1.165) is 11.7 Å². The van der Waals surface area contributed by atoms with Gasteiger partial charge in [0.2, 0.25) is 0 Å². The Balaban J connectivity index is 1.94. The first-order valence-corrected chi connectivity index (χ1v) is 5.81. The van der Waals surface area contributed by atoms with Crippen molar-refractivity contribution in [1.82, 2.24) is 10.3 Å². The van der Waals surface area contributed by atoms with Gasteiger partial charge in [0, 0.05) is 18.3 Å². The third-order valence-electron chi connectivity index (χ3n) is 3.46. The summed E-state index contributed by atoms with van der Waals surface area (Å²) in [5.74, 6) is 0. The molecular formula is C13H16N2. The quantitative estimate of drug-likeness (QED) is 0.753.